The predicted molar refractivity (Wildman–Crippen MR) is 51.7 cm³/mol. The molecule has 0 bridgehead atoms. The van der Waals surface area contributed by atoms with E-state index in [1.54, 1.807) is 0 Å². The smallest absolute Gasteiger partial charge is 0.135 e. The van der Waals surface area contributed by atoms with Crippen LogP contribution in [0.15, 0.2) is 0 Å². The van der Waals surface area contributed by atoms with Gasteiger partial charge in [0, 0.05) is 25.9 Å². The Kier molecular flexibility index (Phi) is 2.79. The van der Waals surface area contributed by atoms with E-state index >= 15 is 0 Å². The maximum atomic E-state index is 9.43. The lowest BCUT2D eigenvalue weighted by molar-refractivity contribution is 0.179. The van der Waals surface area contributed by atoms with Gasteiger partial charge in [-0.1, -0.05) is 0 Å². The predicted octanol–water partition coefficient (Wildman–Crippen LogP) is -0.524. The zero-order chi connectivity index (χ0) is 9.97. The average molecular weight is 196 g/mol. The van der Waals surface area contributed by atoms with Crippen LogP contribution in [0, 0.1) is 0 Å². The Balaban J connectivity index is 2.14. The van der Waals surface area contributed by atoms with E-state index in [-0.39, 0.29) is 6.54 Å². The minimum absolute atomic E-state index is 0.280. The van der Waals surface area contributed by atoms with Crippen molar-refractivity contribution in [1.29, 1.82) is 0 Å². The van der Waals surface area contributed by atoms with Gasteiger partial charge in [-0.05, 0) is 12.8 Å². The Morgan fingerprint density at radius 2 is 2.29 bits per heavy atom. The molecule has 0 amide bonds. The van der Waals surface area contributed by atoms with Crippen LogP contribution in [-0.2, 0) is 19.4 Å². The molecule has 5 heteroatoms. The van der Waals surface area contributed by atoms with Crippen molar-refractivity contribution in [3.05, 3.63) is 11.6 Å². The van der Waals surface area contributed by atoms with Crippen molar-refractivity contribution in [2.24, 2.45) is 5.73 Å². The third kappa shape index (κ3) is 1.78. The molecule has 3 N–H and O–H groups in total. The lowest BCUT2D eigenvalue weighted by Gasteiger charge is -2.15. The van der Waals surface area contributed by atoms with Crippen LogP contribution in [0.1, 0.15) is 24.5 Å². The SMILES string of the molecule is NCC(O)Cc1nnc2n1CCCC2. The number of aryl methyl sites for hydroxylation is 1. The molecular weight excluding hydrogens is 180 g/mol. The quantitative estimate of drug-likeness (QED) is 0.681. The number of rotatable bonds is 3. The first-order valence-corrected chi connectivity index (χ1v) is 5.10. The van der Waals surface area contributed by atoms with E-state index in [1.807, 2.05) is 0 Å². The lowest BCUT2D eigenvalue weighted by atomic mass is 10.1. The molecule has 0 aliphatic carbocycles. The summed E-state index contributed by atoms with van der Waals surface area (Å²) in [5.41, 5.74) is 5.36. The Morgan fingerprint density at radius 3 is 3.07 bits per heavy atom. The molecule has 5 nitrogen and oxygen atoms in total. The van der Waals surface area contributed by atoms with Gasteiger partial charge in [0.05, 0.1) is 6.10 Å². The van der Waals surface area contributed by atoms with Crippen molar-refractivity contribution in [3.63, 3.8) is 0 Å². The number of fused-ring (bicyclic) bond motifs is 1. The van der Waals surface area contributed by atoms with Crippen molar-refractivity contribution in [2.45, 2.75) is 38.3 Å². The Morgan fingerprint density at radius 1 is 1.43 bits per heavy atom. The van der Waals surface area contributed by atoms with Crippen LogP contribution in [0.2, 0.25) is 0 Å². The molecule has 0 saturated heterocycles. The fourth-order valence-corrected chi connectivity index (χ4v) is 1.81. The lowest BCUT2D eigenvalue weighted by Crippen LogP contribution is -2.24. The number of hydrogen-bond donors (Lipinski definition) is 2. The maximum Gasteiger partial charge on any atom is 0.135 e. The van der Waals surface area contributed by atoms with Crippen LogP contribution in [-0.4, -0.2) is 32.5 Å². The minimum atomic E-state index is -0.495. The summed E-state index contributed by atoms with van der Waals surface area (Å²) in [4.78, 5) is 0. The highest BCUT2D eigenvalue weighted by Gasteiger charge is 2.17. The fraction of sp³-hybridized carbons (Fsp3) is 0.778. The van der Waals surface area contributed by atoms with Gasteiger partial charge in [0.1, 0.15) is 11.6 Å². The van der Waals surface area contributed by atoms with Crippen molar-refractivity contribution in [3.8, 4) is 0 Å². The number of nitrogens with zero attached hydrogens (tertiary/aromatic N) is 3. The highest BCUT2D eigenvalue weighted by molar-refractivity contribution is 5.00. The Labute approximate surface area is 82.9 Å². The number of nitrogens with two attached hydrogens (primary N) is 1. The van der Waals surface area contributed by atoms with Gasteiger partial charge in [0.2, 0.25) is 0 Å². The van der Waals surface area contributed by atoms with Gasteiger partial charge in [0.15, 0.2) is 0 Å². The van der Waals surface area contributed by atoms with Crippen LogP contribution in [0.4, 0.5) is 0 Å². The molecule has 78 valence electrons. The van der Waals surface area contributed by atoms with E-state index in [0.29, 0.717) is 6.42 Å². The Bertz CT molecular complexity index is 310. The minimum Gasteiger partial charge on any atom is -0.391 e. The van der Waals surface area contributed by atoms with E-state index in [0.717, 1.165) is 24.6 Å². The van der Waals surface area contributed by atoms with Gasteiger partial charge in [-0.3, -0.25) is 0 Å². The molecule has 2 heterocycles. The second kappa shape index (κ2) is 4.06. The molecule has 14 heavy (non-hydrogen) atoms. The van der Waals surface area contributed by atoms with E-state index < -0.39 is 6.10 Å². The molecule has 0 aromatic carbocycles. The average Bonchev–Trinajstić information content (AvgIpc) is 2.62. The molecule has 0 fully saturated rings. The van der Waals surface area contributed by atoms with Crippen LogP contribution in [0.25, 0.3) is 0 Å². The van der Waals surface area contributed by atoms with Crippen molar-refractivity contribution < 1.29 is 5.11 Å². The van der Waals surface area contributed by atoms with Gasteiger partial charge in [0.25, 0.3) is 0 Å². The first-order chi connectivity index (χ1) is 6.81. The summed E-state index contributed by atoms with van der Waals surface area (Å²) >= 11 is 0. The van der Waals surface area contributed by atoms with Gasteiger partial charge in [-0.15, -0.1) is 10.2 Å². The van der Waals surface area contributed by atoms with E-state index in [4.69, 9.17) is 5.73 Å². The maximum absolute atomic E-state index is 9.43. The standard InChI is InChI=1S/C9H16N4O/c10-6-7(14)5-9-12-11-8-3-1-2-4-13(8)9/h7,14H,1-6,10H2. The van der Waals surface area contributed by atoms with Gasteiger partial charge < -0.3 is 15.4 Å². The van der Waals surface area contributed by atoms with E-state index in [9.17, 15) is 5.11 Å². The molecule has 0 radical (unpaired) electrons. The summed E-state index contributed by atoms with van der Waals surface area (Å²) in [5, 5.41) is 17.6. The molecule has 1 atom stereocenters. The summed E-state index contributed by atoms with van der Waals surface area (Å²) in [5.74, 6) is 1.92. The number of aliphatic hydroxyl groups excluding tert-OH is 1. The number of aromatic nitrogens is 3. The molecule has 0 spiro atoms. The largest absolute Gasteiger partial charge is 0.391 e. The molecule has 1 aromatic heterocycles. The molecule has 1 aliphatic rings. The zero-order valence-corrected chi connectivity index (χ0v) is 8.19. The first kappa shape index (κ1) is 9.61. The molecule has 1 aliphatic heterocycles. The first-order valence-electron chi connectivity index (χ1n) is 5.10. The monoisotopic (exact) mass is 196 g/mol. The van der Waals surface area contributed by atoms with Crippen molar-refractivity contribution >= 4 is 0 Å². The van der Waals surface area contributed by atoms with Crippen molar-refractivity contribution in [2.75, 3.05) is 6.54 Å². The summed E-state index contributed by atoms with van der Waals surface area (Å²) in [6.45, 7) is 1.26. The summed E-state index contributed by atoms with van der Waals surface area (Å²) in [6, 6.07) is 0. The highest BCUT2D eigenvalue weighted by atomic mass is 16.3. The second-order valence-corrected chi connectivity index (χ2v) is 3.73. The van der Waals surface area contributed by atoms with Crippen LogP contribution in [0.3, 0.4) is 0 Å². The number of hydrogen-bond acceptors (Lipinski definition) is 4. The second-order valence-electron chi connectivity index (χ2n) is 3.73. The van der Waals surface area contributed by atoms with Crippen molar-refractivity contribution in [1.82, 2.24) is 14.8 Å². The summed E-state index contributed by atoms with van der Waals surface area (Å²) < 4.78 is 2.11. The van der Waals surface area contributed by atoms with Crippen LogP contribution in [0.5, 0.6) is 0 Å². The van der Waals surface area contributed by atoms with E-state index in [1.165, 1.54) is 12.8 Å². The van der Waals surface area contributed by atoms with Crippen LogP contribution < -0.4 is 5.73 Å². The molecule has 0 saturated carbocycles. The molecule has 1 aromatic rings. The fourth-order valence-electron chi connectivity index (χ4n) is 1.81. The zero-order valence-electron chi connectivity index (χ0n) is 8.19. The molecule has 2 rings (SSSR count). The molecular formula is C9H16N4O. The third-order valence-electron chi connectivity index (χ3n) is 2.63. The summed E-state index contributed by atoms with van der Waals surface area (Å²) in [7, 11) is 0. The van der Waals surface area contributed by atoms with Gasteiger partial charge >= 0.3 is 0 Å². The topological polar surface area (TPSA) is 77.0 Å². The Hall–Kier alpha value is -0.940. The molecule has 1 unspecified atom stereocenters. The van der Waals surface area contributed by atoms with Crippen LogP contribution >= 0.6 is 0 Å². The number of aliphatic hydroxyl groups is 1. The van der Waals surface area contributed by atoms with E-state index in [2.05, 4.69) is 14.8 Å². The van der Waals surface area contributed by atoms with Gasteiger partial charge in [-0.2, -0.15) is 0 Å². The highest BCUT2D eigenvalue weighted by Crippen LogP contribution is 2.14. The normalized spacial score (nSPS) is 17.9. The summed E-state index contributed by atoms with van der Waals surface area (Å²) in [6.07, 6.45) is 3.40. The van der Waals surface area contributed by atoms with Gasteiger partial charge in [-0.25, -0.2) is 0 Å². The third-order valence-corrected chi connectivity index (χ3v) is 2.63.